The van der Waals surface area contributed by atoms with Crippen LogP contribution in [0.2, 0.25) is 0 Å². The second kappa shape index (κ2) is 9.09. The van der Waals surface area contributed by atoms with Gasteiger partial charge in [0.15, 0.2) is 0 Å². The highest BCUT2D eigenvalue weighted by molar-refractivity contribution is 7.89. The van der Waals surface area contributed by atoms with E-state index < -0.39 is 39.2 Å². The first kappa shape index (κ1) is 22.8. The molecule has 9 heteroatoms. The molecule has 0 bridgehead atoms. The van der Waals surface area contributed by atoms with Crippen molar-refractivity contribution < 1.29 is 32.3 Å². The molecule has 1 aromatic carbocycles. The lowest BCUT2D eigenvalue weighted by atomic mass is 9.79. The van der Waals surface area contributed by atoms with Crippen molar-refractivity contribution in [2.75, 3.05) is 13.2 Å². The third-order valence-electron chi connectivity index (χ3n) is 4.13. The van der Waals surface area contributed by atoms with E-state index in [9.17, 15) is 22.8 Å². The summed E-state index contributed by atoms with van der Waals surface area (Å²) < 4.78 is 37.4. The van der Waals surface area contributed by atoms with Gasteiger partial charge < -0.3 is 9.47 Å². The zero-order valence-corrected chi connectivity index (χ0v) is 16.9. The van der Waals surface area contributed by atoms with Crippen molar-refractivity contribution in [1.29, 1.82) is 0 Å². The zero-order chi connectivity index (χ0) is 20.8. The van der Waals surface area contributed by atoms with Crippen molar-refractivity contribution in [2.45, 2.75) is 45.6 Å². The minimum Gasteiger partial charge on any atom is -0.465 e. The van der Waals surface area contributed by atoms with E-state index in [0.717, 1.165) is 19.4 Å². The molecule has 0 aliphatic carbocycles. The maximum atomic E-state index is 12.7. The molecular weight excluding hydrogens is 374 g/mol. The Balaban J connectivity index is 3.43. The van der Waals surface area contributed by atoms with Gasteiger partial charge in [0.2, 0.25) is 10.0 Å². The summed E-state index contributed by atoms with van der Waals surface area (Å²) in [6, 6.07) is 4.11. The number of Topliss-reactive ketones (excluding diaryl/α,β-unsaturated/α-hetero) is 1. The van der Waals surface area contributed by atoms with E-state index in [0.29, 0.717) is 0 Å². The lowest BCUT2D eigenvalue weighted by Gasteiger charge is -2.31. The molecule has 0 aliphatic rings. The van der Waals surface area contributed by atoms with Crippen LogP contribution in [0.25, 0.3) is 0 Å². The number of aryl methyl sites for hydroxylation is 1. The molecule has 2 atom stereocenters. The molecule has 0 fully saturated rings. The van der Waals surface area contributed by atoms with Crippen molar-refractivity contribution in [1.82, 2.24) is 4.72 Å². The lowest BCUT2D eigenvalue weighted by Crippen LogP contribution is -2.58. The minimum atomic E-state index is -4.22. The van der Waals surface area contributed by atoms with Gasteiger partial charge in [0.25, 0.3) is 0 Å². The van der Waals surface area contributed by atoms with Crippen LogP contribution in [-0.4, -0.2) is 45.4 Å². The fraction of sp³-hybridized carbons (Fsp3) is 0.500. The molecule has 0 heterocycles. The van der Waals surface area contributed by atoms with Crippen molar-refractivity contribution in [3.05, 3.63) is 29.8 Å². The number of sulfonamides is 1. The molecule has 0 unspecified atom stereocenters. The highest BCUT2D eigenvalue weighted by Gasteiger charge is 2.53. The normalized spacial score (nSPS) is 14.7. The predicted molar refractivity (Wildman–Crippen MR) is 97.3 cm³/mol. The quantitative estimate of drug-likeness (QED) is 0.492. The van der Waals surface area contributed by atoms with E-state index in [1.54, 1.807) is 19.1 Å². The van der Waals surface area contributed by atoms with E-state index in [4.69, 9.17) is 9.47 Å². The Morgan fingerprint density at radius 2 is 1.59 bits per heavy atom. The summed E-state index contributed by atoms with van der Waals surface area (Å²) in [6.07, 6.45) is 0. The van der Waals surface area contributed by atoms with Crippen LogP contribution < -0.4 is 4.72 Å². The number of rotatable bonds is 9. The number of carbonyl (C=O) groups is 3. The molecule has 0 saturated heterocycles. The van der Waals surface area contributed by atoms with Crippen LogP contribution in [0.4, 0.5) is 0 Å². The van der Waals surface area contributed by atoms with Crippen molar-refractivity contribution in [3.8, 4) is 0 Å². The van der Waals surface area contributed by atoms with Crippen LogP contribution in [-0.2, 0) is 33.9 Å². The first-order valence-corrected chi connectivity index (χ1v) is 9.92. The summed E-state index contributed by atoms with van der Waals surface area (Å²) >= 11 is 0. The molecule has 27 heavy (non-hydrogen) atoms. The van der Waals surface area contributed by atoms with Gasteiger partial charge in [-0.05, 0) is 46.8 Å². The van der Waals surface area contributed by atoms with Crippen LogP contribution in [0.3, 0.4) is 0 Å². The minimum absolute atomic E-state index is 0.0397. The fourth-order valence-electron chi connectivity index (χ4n) is 2.31. The number of ether oxygens (including phenoxy) is 2. The Morgan fingerprint density at radius 1 is 1.07 bits per heavy atom. The number of ketones is 1. The van der Waals surface area contributed by atoms with Crippen LogP contribution in [0.1, 0.15) is 33.3 Å². The molecule has 0 spiro atoms. The van der Waals surface area contributed by atoms with Crippen LogP contribution in [0.5, 0.6) is 0 Å². The molecule has 0 radical (unpaired) electrons. The van der Waals surface area contributed by atoms with E-state index in [1.807, 2.05) is 0 Å². The number of esters is 2. The molecule has 1 N–H and O–H groups in total. The highest BCUT2D eigenvalue weighted by Crippen LogP contribution is 2.28. The van der Waals surface area contributed by atoms with Crippen LogP contribution in [0, 0.1) is 12.3 Å². The third kappa shape index (κ3) is 5.14. The number of benzene rings is 1. The van der Waals surface area contributed by atoms with Gasteiger partial charge in [-0.3, -0.25) is 14.4 Å². The van der Waals surface area contributed by atoms with Gasteiger partial charge in [0.1, 0.15) is 17.2 Å². The largest absolute Gasteiger partial charge is 0.465 e. The molecule has 0 saturated carbocycles. The fourth-order valence-corrected chi connectivity index (χ4v) is 3.59. The van der Waals surface area contributed by atoms with Crippen LogP contribution in [0.15, 0.2) is 29.2 Å². The second-order valence-corrected chi connectivity index (χ2v) is 7.81. The van der Waals surface area contributed by atoms with Crippen molar-refractivity contribution in [2.24, 2.45) is 5.41 Å². The topological polar surface area (TPSA) is 116 Å². The molecule has 0 amide bonds. The summed E-state index contributed by atoms with van der Waals surface area (Å²) in [6.45, 7) is 7.00. The van der Waals surface area contributed by atoms with E-state index in [2.05, 4.69) is 4.72 Å². The average molecular weight is 399 g/mol. The van der Waals surface area contributed by atoms with Gasteiger partial charge in [-0.15, -0.1) is 0 Å². The number of hydrogen-bond acceptors (Lipinski definition) is 7. The maximum Gasteiger partial charge on any atom is 0.325 e. The summed E-state index contributed by atoms with van der Waals surface area (Å²) in [5, 5.41) is 0. The standard InChI is InChI=1S/C18H25NO7S/c1-6-25-16(21)15(18(5,13(4)20)17(22)26-7-2)19-27(23,24)14-10-8-12(3)9-11-14/h8-11,15,19H,6-7H2,1-5H3/t15-,18-/m1/s1. The first-order valence-electron chi connectivity index (χ1n) is 8.44. The average Bonchev–Trinajstić information content (AvgIpc) is 2.59. The van der Waals surface area contributed by atoms with Gasteiger partial charge >= 0.3 is 11.9 Å². The number of hydrogen-bond donors (Lipinski definition) is 1. The zero-order valence-electron chi connectivity index (χ0n) is 16.1. The molecular formula is C18H25NO7S. The van der Waals surface area contributed by atoms with E-state index >= 15 is 0 Å². The van der Waals surface area contributed by atoms with Gasteiger partial charge in [-0.2, -0.15) is 4.72 Å². The van der Waals surface area contributed by atoms with Gasteiger partial charge in [-0.25, -0.2) is 8.42 Å². The first-order chi connectivity index (χ1) is 12.5. The third-order valence-corrected chi connectivity index (χ3v) is 5.57. The molecule has 1 aromatic rings. The summed E-state index contributed by atoms with van der Waals surface area (Å²) in [4.78, 5) is 37.0. The predicted octanol–water partition coefficient (Wildman–Crippen LogP) is 1.36. The van der Waals surface area contributed by atoms with Crippen molar-refractivity contribution >= 4 is 27.7 Å². The summed E-state index contributed by atoms with van der Waals surface area (Å²) in [5.41, 5.74) is -1.24. The summed E-state index contributed by atoms with van der Waals surface area (Å²) in [5.74, 6) is -2.79. The van der Waals surface area contributed by atoms with Crippen molar-refractivity contribution in [3.63, 3.8) is 0 Å². The Morgan fingerprint density at radius 3 is 2.04 bits per heavy atom. The van der Waals surface area contributed by atoms with Crippen LogP contribution >= 0.6 is 0 Å². The number of nitrogens with one attached hydrogen (secondary N) is 1. The SMILES string of the molecule is CCOC(=O)[C@@H](NS(=O)(=O)c1ccc(C)cc1)[C@@](C)(C(C)=O)C(=O)OCC. The van der Waals surface area contributed by atoms with Gasteiger partial charge in [0.05, 0.1) is 18.1 Å². The Hall–Kier alpha value is -2.26. The summed E-state index contributed by atoms with van der Waals surface area (Å²) in [7, 11) is -4.22. The Labute approximate surface area is 159 Å². The number of carbonyl (C=O) groups excluding carboxylic acids is 3. The molecule has 0 aliphatic heterocycles. The highest BCUT2D eigenvalue weighted by atomic mass is 32.2. The molecule has 1 rings (SSSR count). The van der Waals surface area contributed by atoms with Gasteiger partial charge in [-0.1, -0.05) is 17.7 Å². The lowest BCUT2D eigenvalue weighted by molar-refractivity contribution is -0.167. The second-order valence-electron chi connectivity index (χ2n) is 6.10. The van der Waals surface area contributed by atoms with E-state index in [-0.39, 0.29) is 18.1 Å². The van der Waals surface area contributed by atoms with Gasteiger partial charge in [0, 0.05) is 0 Å². The molecule has 0 aromatic heterocycles. The molecule has 150 valence electrons. The maximum absolute atomic E-state index is 12.7. The Kier molecular flexibility index (Phi) is 7.67. The monoisotopic (exact) mass is 399 g/mol. The van der Waals surface area contributed by atoms with E-state index in [1.165, 1.54) is 26.0 Å². The Bertz CT molecular complexity index is 802. The molecule has 8 nitrogen and oxygen atoms in total. The smallest absolute Gasteiger partial charge is 0.325 e.